The smallest absolute Gasteiger partial charge is 0.221 e. The van der Waals surface area contributed by atoms with Crippen LogP contribution in [0.25, 0.3) is 0 Å². The van der Waals surface area contributed by atoms with E-state index in [1.165, 1.54) is 0 Å². The summed E-state index contributed by atoms with van der Waals surface area (Å²) >= 11 is 1.64. The van der Waals surface area contributed by atoms with Gasteiger partial charge >= 0.3 is 0 Å². The van der Waals surface area contributed by atoms with Crippen LogP contribution < -0.4 is 10.6 Å². The Bertz CT molecular complexity index is 320. The van der Waals surface area contributed by atoms with Crippen LogP contribution in [-0.4, -0.2) is 24.5 Å². The number of thiazole rings is 1. The van der Waals surface area contributed by atoms with Gasteiger partial charge in [0.1, 0.15) is 0 Å². The van der Waals surface area contributed by atoms with E-state index >= 15 is 0 Å². The van der Waals surface area contributed by atoms with E-state index in [1.54, 1.807) is 11.3 Å². The van der Waals surface area contributed by atoms with E-state index < -0.39 is 0 Å². The zero-order valence-corrected chi connectivity index (χ0v) is 12.4. The average Bonchev–Trinajstić information content (AvgIpc) is 2.71. The Morgan fingerprint density at radius 2 is 2.18 bits per heavy atom. The second-order valence-corrected chi connectivity index (χ2v) is 4.16. The van der Waals surface area contributed by atoms with Gasteiger partial charge in [-0.15, -0.1) is 36.2 Å². The molecule has 0 aliphatic rings. The van der Waals surface area contributed by atoms with E-state index in [9.17, 15) is 4.79 Å². The van der Waals surface area contributed by atoms with Crippen LogP contribution in [0.3, 0.4) is 0 Å². The number of rotatable bonds is 6. The summed E-state index contributed by atoms with van der Waals surface area (Å²) in [6.07, 6.45) is 1.47. The van der Waals surface area contributed by atoms with Crippen molar-refractivity contribution < 1.29 is 4.79 Å². The summed E-state index contributed by atoms with van der Waals surface area (Å²) in [5.41, 5.74) is 0.953. The quantitative estimate of drug-likeness (QED) is 0.842. The molecular weight excluding hydrogens is 281 g/mol. The van der Waals surface area contributed by atoms with Gasteiger partial charge in [-0.1, -0.05) is 6.92 Å². The number of carbonyl (C=O) groups is 1. The van der Waals surface area contributed by atoms with Crippen LogP contribution in [0.5, 0.6) is 0 Å². The summed E-state index contributed by atoms with van der Waals surface area (Å²) in [6, 6.07) is 0. The van der Waals surface area contributed by atoms with Crippen molar-refractivity contribution in [3.63, 3.8) is 0 Å². The minimum absolute atomic E-state index is 0. The van der Waals surface area contributed by atoms with Crippen molar-refractivity contribution in [3.05, 3.63) is 16.1 Å². The number of nitrogens with zero attached hydrogens (tertiary/aromatic N) is 1. The van der Waals surface area contributed by atoms with Crippen molar-refractivity contribution in [2.24, 2.45) is 0 Å². The predicted molar refractivity (Wildman–Crippen MR) is 76.4 cm³/mol. The van der Waals surface area contributed by atoms with Crippen LogP contribution >= 0.6 is 36.2 Å². The molecular formula is C10H19Cl2N3OS. The second kappa shape index (κ2) is 10.8. The van der Waals surface area contributed by atoms with Crippen LogP contribution in [0.15, 0.2) is 5.38 Å². The molecule has 17 heavy (non-hydrogen) atoms. The molecule has 1 amide bonds. The van der Waals surface area contributed by atoms with Crippen molar-refractivity contribution in [1.29, 1.82) is 0 Å². The Morgan fingerprint density at radius 1 is 1.47 bits per heavy atom. The van der Waals surface area contributed by atoms with Crippen LogP contribution in [-0.2, 0) is 17.8 Å². The highest BCUT2D eigenvalue weighted by Gasteiger charge is 2.03. The highest BCUT2D eigenvalue weighted by molar-refractivity contribution is 7.09. The van der Waals surface area contributed by atoms with E-state index in [4.69, 9.17) is 0 Å². The molecule has 7 heteroatoms. The van der Waals surface area contributed by atoms with Gasteiger partial charge in [-0.25, -0.2) is 4.98 Å². The number of hydrogen-bond acceptors (Lipinski definition) is 4. The number of halogens is 2. The first kappa shape index (κ1) is 19.0. The van der Waals surface area contributed by atoms with Gasteiger partial charge in [0.15, 0.2) is 0 Å². The molecule has 0 spiro atoms. The van der Waals surface area contributed by atoms with E-state index in [1.807, 2.05) is 12.4 Å². The zero-order valence-electron chi connectivity index (χ0n) is 9.99. The van der Waals surface area contributed by atoms with Crippen molar-refractivity contribution in [2.75, 3.05) is 13.6 Å². The van der Waals surface area contributed by atoms with Crippen molar-refractivity contribution in [3.8, 4) is 0 Å². The molecule has 0 aliphatic carbocycles. The highest BCUT2D eigenvalue weighted by Crippen LogP contribution is 2.09. The summed E-state index contributed by atoms with van der Waals surface area (Å²) in [5.74, 6) is 0.0652. The predicted octanol–water partition coefficient (Wildman–Crippen LogP) is 1.77. The summed E-state index contributed by atoms with van der Waals surface area (Å²) < 4.78 is 0. The lowest BCUT2D eigenvalue weighted by Gasteiger charge is -2.02. The minimum atomic E-state index is 0. The Hall–Kier alpha value is -0.360. The van der Waals surface area contributed by atoms with Gasteiger partial charge in [-0.3, -0.25) is 4.79 Å². The van der Waals surface area contributed by atoms with Gasteiger partial charge in [0, 0.05) is 18.3 Å². The van der Waals surface area contributed by atoms with Crippen molar-refractivity contribution >= 4 is 42.1 Å². The summed E-state index contributed by atoms with van der Waals surface area (Å²) in [4.78, 5) is 15.6. The first-order chi connectivity index (χ1) is 7.26. The number of aryl methyl sites for hydroxylation is 1. The van der Waals surface area contributed by atoms with Crippen LogP contribution in [0.2, 0.25) is 0 Å². The standard InChI is InChI=1S/C10H17N3OS.2ClH/c1-3-10-13-8(7-15-10)6-12-9(14)4-5-11-2;;/h7,11H,3-6H2,1-2H3,(H,12,14);2*1H. The topological polar surface area (TPSA) is 54.0 Å². The van der Waals surface area contributed by atoms with Crippen molar-refractivity contribution in [1.82, 2.24) is 15.6 Å². The molecule has 2 N–H and O–H groups in total. The molecule has 0 radical (unpaired) electrons. The van der Waals surface area contributed by atoms with E-state index in [0.29, 0.717) is 19.5 Å². The van der Waals surface area contributed by atoms with Crippen LogP contribution in [0, 0.1) is 0 Å². The van der Waals surface area contributed by atoms with Crippen molar-refractivity contribution in [2.45, 2.75) is 26.3 Å². The van der Waals surface area contributed by atoms with Gasteiger partial charge < -0.3 is 10.6 Å². The summed E-state index contributed by atoms with van der Waals surface area (Å²) in [6.45, 7) is 3.33. The normalized spacial score (nSPS) is 9.06. The third-order valence-electron chi connectivity index (χ3n) is 1.97. The Morgan fingerprint density at radius 3 is 2.71 bits per heavy atom. The zero-order chi connectivity index (χ0) is 11.1. The molecule has 100 valence electrons. The number of aromatic nitrogens is 1. The maximum atomic E-state index is 11.3. The molecule has 1 aromatic heterocycles. The molecule has 0 unspecified atom stereocenters. The number of nitrogens with one attached hydrogen (secondary N) is 2. The fourth-order valence-electron chi connectivity index (χ4n) is 1.11. The Balaban J connectivity index is 0. The second-order valence-electron chi connectivity index (χ2n) is 3.22. The lowest BCUT2D eigenvalue weighted by molar-refractivity contribution is -0.121. The Labute approximate surface area is 118 Å². The van der Waals surface area contributed by atoms with E-state index in [2.05, 4.69) is 22.5 Å². The monoisotopic (exact) mass is 299 g/mol. The molecule has 0 saturated carbocycles. The van der Waals surface area contributed by atoms with Gasteiger partial charge in [0.25, 0.3) is 0 Å². The Kier molecular flexibility index (Phi) is 12.0. The van der Waals surface area contributed by atoms with Gasteiger partial charge in [-0.2, -0.15) is 0 Å². The molecule has 0 atom stereocenters. The minimum Gasteiger partial charge on any atom is -0.350 e. The molecule has 0 fully saturated rings. The number of hydrogen-bond donors (Lipinski definition) is 2. The molecule has 0 bridgehead atoms. The van der Waals surface area contributed by atoms with E-state index in [0.717, 1.165) is 17.1 Å². The fourth-order valence-corrected chi connectivity index (χ4v) is 1.85. The van der Waals surface area contributed by atoms with Gasteiger partial charge in [-0.05, 0) is 13.5 Å². The fraction of sp³-hybridized carbons (Fsp3) is 0.600. The molecule has 4 nitrogen and oxygen atoms in total. The number of carbonyl (C=O) groups excluding carboxylic acids is 1. The van der Waals surface area contributed by atoms with Crippen LogP contribution in [0.4, 0.5) is 0 Å². The van der Waals surface area contributed by atoms with E-state index in [-0.39, 0.29) is 30.7 Å². The summed E-state index contributed by atoms with van der Waals surface area (Å²) in [5, 5.41) is 8.89. The maximum Gasteiger partial charge on any atom is 0.221 e. The largest absolute Gasteiger partial charge is 0.350 e. The van der Waals surface area contributed by atoms with Crippen LogP contribution in [0.1, 0.15) is 24.0 Å². The molecule has 0 saturated heterocycles. The summed E-state index contributed by atoms with van der Waals surface area (Å²) in [7, 11) is 1.83. The molecule has 1 aromatic rings. The molecule has 0 aromatic carbocycles. The van der Waals surface area contributed by atoms with Gasteiger partial charge in [0.2, 0.25) is 5.91 Å². The molecule has 0 aliphatic heterocycles. The van der Waals surface area contributed by atoms with Gasteiger partial charge in [0.05, 0.1) is 17.2 Å². The average molecular weight is 300 g/mol. The molecule has 1 rings (SSSR count). The first-order valence-electron chi connectivity index (χ1n) is 5.10. The highest BCUT2D eigenvalue weighted by atomic mass is 35.5. The maximum absolute atomic E-state index is 11.3. The lowest BCUT2D eigenvalue weighted by atomic mass is 10.4. The lowest BCUT2D eigenvalue weighted by Crippen LogP contribution is -2.26. The molecule has 1 heterocycles. The SMILES string of the molecule is CCc1nc(CNC(=O)CCNC)cs1.Cl.Cl. The third-order valence-corrected chi connectivity index (χ3v) is 3.01. The number of amides is 1. The third kappa shape index (κ3) is 7.54. The first-order valence-corrected chi connectivity index (χ1v) is 5.98.